The van der Waals surface area contributed by atoms with Gasteiger partial charge in [-0.25, -0.2) is 0 Å². The Balaban J connectivity index is 2.57. The summed E-state index contributed by atoms with van der Waals surface area (Å²) in [4.78, 5) is 13.2. The van der Waals surface area contributed by atoms with Gasteiger partial charge in [-0.3, -0.25) is 9.69 Å². The Morgan fingerprint density at radius 1 is 1.65 bits per heavy atom. The molecule has 0 radical (unpaired) electrons. The molecule has 1 heterocycles. The van der Waals surface area contributed by atoms with Gasteiger partial charge in [-0.05, 0) is 33.6 Å². The van der Waals surface area contributed by atoms with Crippen LogP contribution in [0.25, 0.3) is 0 Å². The van der Waals surface area contributed by atoms with Crippen molar-refractivity contribution in [2.45, 2.75) is 50.8 Å². The normalized spacial score (nSPS) is 28.3. The predicted molar refractivity (Wildman–Crippen MR) is 65.9 cm³/mol. The van der Waals surface area contributed by atoms with E-state index in [4.69, 9.17) is 15.6 Å². The smallest absolute Gasteiger partial charge is 0.325 e. The first kappa shape index (κ1) is 14.4. The standard InChI is InChI=1S/C12H24N2O3/c1-9(7-11(2,3)17-4)14-6-5-12(13,8-14)10(15)16/h9H,5-8,13H2,1-4H3,(H,15,16). The van der Waals surface area contributed by atoms with Crippen molar-refractivity contribution in [1.29, 1.82) is 0 Å². The Bertz CT molecular complexity index is 293. The number of aliphatic carboxylic acids is 1. The van der Waals surface area contributed by atoms with Gasteiger partial charge in [0.2, 0.25) is 0 Å². The third kappa shape index (κ3) is 3.40. The van der Waals surface area contributed by atoms with E-state index in [1.807, 2.05) is 13.8 Å². The van der Waals surface area contributed by atoms with Crippen molar-refractivity contribution in [1.82, 2.24) is 4.90 Å². The highest BCUT2D eigenvalue weighted by atomic mass is 16.5. The van der Waals surface area contributed by atoms with Gasteiger partial charge in [0.05, 0.1) is 5.60 Å². The van der Waals surface area contributed by atoms with Crippen LogP contribution in [0.5, 0.6) is 0 Å². The minimum atomic E-state index is -1.08. The molecule has 1 aliphatic rings. The lowest BCUT2D eigenvalue weighted by Crippen LogP contribution is -2.51. The van der Waals surface area contributed by atoms with Crippen LogP contribution in [0.3, 0.4) is 0 Å². The molecule has 1 fully saturated rings. The third-order valence-corrected chi connectivity index (χ3v) is 3.72. The van der Waals surface area contributed by atoms with Crippen molar-refractivity contribution < 1.29 is 14.6 Å². The number of nitrogens with zero attached hydrogens (tertiary/aromatic N) is 1. The van der Waals surface area contributed by atoms with Gasteiger partial charge >= 0.3 is 5.97 Å². The summed E-state index contributed by atoms with van der Waals surface area (Å²) in [6.07, 6.45) is 1.37. The van der Waals surface area contributed by atoms with E-state index in [1.54, 1.807) is 7.11 Å². The summed E-state index contributed by atoms with van der Waals surface area (Å²) in [7, 11) is 1.70. The maximum Gasteiger partial charge on any atom is 0.325 e. The highest BCUT2D eigenvalue weighted by molar-refractivity contribution is 5.79. The van der Waals surface area contributed by atoms with Crippen LogP contribution in [0, 0.1) is 0 Å². The van der Waals surface area contributed by atoms with Crippen LogP contribution in [0.1, 0.15) is 33.6 Å². The van der Waals surface area contributed by atoms with Crippen molar-refractivity contribution in [3.05, 3.63) is 0 Å². The van der Waals surface area contributed by atoms with Crippen molar-refractivity contribution in [2.75, 3.05) is 20.2 Å². The molecule has 1 saturated heterocycles. The molecular weight excluding hydrogens is 220 g/mol. The van der Waals surface area contributed by atoms with Gasteiger partial charge in [-0.2, -0.15) is 0 Å². The topological polar surface area (TPSA) is 75.8 Å². The van der Waals surface area contributed by atoms with Gasteiger partial charge in [0.25, 0.3) is 0 Å². The molecular formula is C12H24N2O3. The molecule has 2 atom stereocenters. The zero-order valence-corrected chi connectivity index (χ0v) is 11.2. The van der Waals surface area contributed by atoms with E-state index >= 15 is 0 Å². The second-order valence-corrected chi connectivity index (χ2v) is 5.70. The van der Waals surface area contributed by atoms with Gasteiger partial charge in [0.15, 0.2) is 0 Å². The number of carboxylic acids is 1. The average Bonchev–Trinajstić information content (AvgIpc) is 2.62. The molecule has 0 saturated carbocycles. The molecule has 17 heavy (non-hydrogen) atoms. The largest absolute Gasteiger partial charge is 0.480 e. The maximum absolute atomic E-state index is 11.1. The first-order valence-electron chi connectivity index (χ1n) is 6.02. The molecule has 0 spiro atoms. The zero-order valence-electron chi connectivity index (χ0n) is 11.2. The Kier molecular flexibility index (Phi) is 4.17. The summed E-state index contributed by atoms with van der Waals surface area (Å²) >= 11 is 0. The third-order valence-electron chi connectivity index (χ3n) is 3.72. The SMILES string of the molecule is COC(C)(C)CC(C)N1CCC(N)(C(=O)O)C1. The Morgan fingerprint density at radius 2 is 2.24 bits per heavy atom. The van der Waals surface area contributed by atoms with Crippen LogP contribution in [0.2, 0.25) is 0 Å². The number of hydrogen-bond acceptors (Lipinski definition) is 4. The van der Waals surface area contributed by atoms with E-state index in [2.05, 4.69) is 11.8 Å². The Labute approximate surface area is 103 Å². The minimum Gasteiger partial charge on any atom is -0.480 e. The van der Waals surface area contributed by atoms with Crippen LogP contribution < -0.4 is 5.73 Å². The number of methoxy groups -OCH3 is 1. The summed E-state index contributed by atoms with van der Waals surface area (Å²) in [5, 5.41) is 9.07. The van der Waals surface area contributed by atoms with Crippen molar-refractivity contribution in [3.8, 4) is 0 Å². The fourth-order valence-corrected chi connectivity index (χ4v) is 2.34. The van der Waals surface area contributed by atoms with Crippen LogP contribution in [-0.2, 0) is 9.53 Å². The molecule has 0 bridgehead atoms. The molecule has 100 valence electrons. The fourth-order valence-electron chi connectivity index (χ4n) is 2.34. The molecule has 0 aromatic heterocycles. The van der Waals surface area contributed by atoms with E-state index in [1.165, 1.54) is 0 Å². The van der Waals surface area contributed by atoms with E-state index < -0.39 is 11.5 Å². The maximum atomic E-state index is 11.1. The highest BCUT2D eigenvalue weighted by Gasteiger charge is 2.43. The Morgan fingerprint density at radius 3 is 2.65 bits per heavy atom. The molecule has 0 aromatic carbocycles. The number of nitrogens with two attached hydrogens (primary N) is 1. The van der Waals surface area contributed by atoms with E-state index in [9.17, 15) is 4.79 Å². The summed E-state index contributed by atoms with van der Waals surface area (Å²) in [5.74, 6) is -0.904. The molecule has 5 nitrogen and oxygen atoms in total. The fraction of sp³-hybridized carbons (Fsp3) is 0.917. The van der Waals surface area contributed by atoms with Crippen molar-refractivity contribution in [2.24, 2.45) is 5.73 Å². The number of carbonyl (C=O) groups is 1. The first-order valence-corrected chi connectivity index (χ1v) is 6.02. The summed E-state index contributed by atoms with van der Waals surface area (Å²) in [5.41, 5.74) is 4.58. The second-order valence-electron chi connectivity index (χ2n) is 5.70. The van der Waals surface area contributed by atoms with Gasteiger partial charge in [-0.15, -0.1) is 0 Å². The summed E-state index contributed by atoms with van der Waals surface area (Å²) in [6.45, 7) is 7.32. The number of hydrogen-bond donors (Lipinski definition) is 2. The molecule has 1 rings (SSSR count). The lowest BCUT2D eigenvalue weighted by atomic mass is 9.98. The number of carboxylic acid groups (broad SMARTS) is 1. The van der Waals surface area contributed by atoms with Crippen molar-refractivity contribution >= 4 is 5.97 Å². The second kappa shape index (κ2) is 4.92. The average molecular weight is 244 g/mol. The first-order chi connectivity index (χ1) is 7.70. The van der Waals surface area contributed by atoms with Gasteiger partial charge in [-0.1, -0.05) is 0 Å². The Hall–Kier alpha value is -0.650. The molecule has 3 N–H and O–H groups in total. The summed E-state index contributed by atoms with van der Waals surface area (Å²) in [6, 6.07) is 0.273. The van der Waals surface area contributed by atoms with Gasteiger partial charge < -0.3 is 15.6 Å². The zero-order chi connectivity index (χ0) is 13.3. The van der Waals surface area contributed by atoms with Gasteiger partial charge in [0, 0.05) is 26.2 Å². The molecule has 5 heteroatoms. The van der Waals surface area contributed by atoms with Crippen LogP contribution in [0.15, 0.2) is 0 Å². The number of rotatable bonds is 5. The monoisotopic (exact) mass is 244 g/mol. The molecule has 0 aromatic rings. The highest BCUT2D eigenvalue weighted by Crippen LogP contribution is 2.25. The van der Waals surface area contributed by atoms with Crippen LogP contribution in [0.4, 0.5) is 0 Å². The number of likely N-dealkylation sites (tertiary alicyclic amines) is 1. The molecule has 1 aliphatic heterocycles. The lowest BCUT2D eigenvalue weighted by molar-refractivity contribution is -0.142. The summed E-state index contributed by atoms with van der Waals surface area (Å²) < 4.78 is 5.39. The molecule has 0 amide bonds. The van der Waals surface area contributed by atoms with Crippen LogP contribution >= 0.6 is 0 Å². The van der Waals surface area contributed by atoms with Gasteiger partial charge in [0.1, 0.15) is 5.54 Å². The molecule has 0 aliphatic carbocycles. The predicted octanol–water partition coefficient (Wildman–Crippen LogP) is 0.678. The molecule has 2 unspecified atom stereocenters. The van der Waals surface area contributed by atoms with E-state index in [-0.39, 0.29) is 11.6 Å². The lowest BCUT2D eigenvalue weighted by Gasteiger charge is -2.32. The minimum absolute atomic E-state index is 0.192. The number of ether oxygens (including phenoxy) is 1. The van der Waals surface area contributed by atoms with Crippen molar-refractivity contribution in [3.63, 3.8) is 0 Å². The quantitative estimate of drug-likeness (QED) is 0.743. The van der Waals surface area contributed by atoms with Crippen LogP contribution in [-0.4, -0.2) is 53.4 Å². The van der Waals surface area contributed by atoms with E-state index in [0.29, 0.717) is 13.0 Å². The van der Waals surface area contributed by atoms with E-state index in [0.717, 1.165) is 13.0 Å².